The van der Waals surface area contributed by atoms with E-state index in [1.165, 1.54) is 0 Å². The number of fused-ring (bicyclic) bond motifs is 3. The Kier molecular flexibility index (Phi) is 8.21. The maximum atomic E-state index is 9.97. The number of aliphatic hydroxyl groups is 1. The molecule has 202 valence electrons. The Labute approximate surface area is 222 Å². The lowest BCUT2D eigenvalue weighted by atomic mass is 10.1. The minimum absolute atomic E-state index is 0.000618. The SMILES string of the molecule is CCC[C@@H](CO)Nc1nc(N)nc2c3ccccc3n(Cc3cc(CNC4CCOCC4)cnc3OC)c12. The molecule has 1 aliphatic rings. The lowest BCUT2D eigenvalue weighted by Gasteiger charge is -2.23. The molecule has 3 aromatic heterocycles. The number of ether oxygens (including phenoxy) is 2. The number of aromatic nitrogens is 4. The number of pyridine rings is 1. The van der Waals surface area contributed by atoms with Crippen LogP contribution < -0.4 is 21.1 Å². The molecule has 1 aliphatic heterocycles. The first-order valence-corrected chi connectivity index (χ1v) is 13.4. The smallest absolute Gasteiger partial charge is 0.222 e. The highest BCUT2D eigenvalue weighted by Gasteiger charge is 2.21. The predicted octanol–water partition coefficient (Wildman–Crippen LogP) is 3.46. The average molecular weight is 520 g/mol. The third kappa shape index (κ3) is 5.52. The highest BCUT2D eigenvalue weighted by molar-refractivity contribution is 6.09. The predicted molar refractivity (Wildman–Crippen MR) is 149 cm³/mol. The second kappa shape index (κ2) is 11.9. The van der Waals surface area contributed by atoms with Crippen molar-refractivity contribution in [3.05, 3.63) is 47.7 Å². The van der Waals surface area contributed by atoms with Crippen LogP contribution in [0.4, 0.5) is 11.8 Å². The maximum Gasteiger partial charge on any atom is 0.222 e. The fourth-order valence-corrected chi connectivity index (χ4v) is 5.24. The number of methoxy groups -OCH3 is 1. The maximum absolute atomic E-state index is 9.97. The number of aliphatic hydroxyl groups excluding tert-OH is 1. The van der Waals surface area contributed by atoms with Gasteiger partial charge in [0.15, 0.2) is 5.82 Å². The average Bonchev–Trinajstić information content (AvgIpc) is 3.25. The molecule has 1 aromatic carbocycles. The van der Waals surface area contributed by atoms with Gasteiger partial charge in [-0.3, -0.25) is 0 Å². The van der Waals surface area contributed by atoms with E-state index in [1.54, 1.807) is 7.11 Å². The van der Waals surface area contributed by atoms with E-state index in [2.05, 4.69) is 49.2 Å². The Morgan fingerprint density at radius 3 is 2.82 bits per heavy atom. The zero-order valence-electron chi connectivity index (χ0n) is 22.1. The highest BCUT2D eigenvalue weighted by Crippen LogP contribution is 2.34. The van der Waals surface area contributed by atoms with Gasteiger partial charge in [0.05, 0.1) is 31.8 Å². The Morgan fingerprint density at radius 1 is 1.24 bits per heavy atom. The third-order valence-electron chi connectivity index (χ3n) is 7.14. The molecule has 5 rings (SSSR count). The minimum atomic E-state index is -0.139. The summed E-state index contributed by atoms with van der Waals surface area (Å²) in [6, 6.07) is 10.6. The van der Waals surface area contributed by atoms with Crippen molar-refractivity contribution in [2.24, 2.45) is 0 Å². The molecule has 0 unspecified atom stereocenters. The van der Waals surface area contributed by atoms with E-state index in [1.807, 2.05) is 24.4 Å². The van der Waals surface area contributed by atoms with E-state index in [4.69, 9.17) is 15.2 Å². The van der Waals surface area contributed by atoms with Gasteiger partial charge in [-0.05, 0) is 37.0 Å². The first-order valence-electron chi connectivity index (χ1n) is 13.4. The van der Waals surface area contributed by atoms with Crippen molar-refractivity contribution in [1.29, 1.82) is 0 Å². The number of nitrogens with two attached hydrogens (primary N) is 1. The summed E-state index contributed by atoms with van der Waals surface area (Å²) in [7, 11) is 1.64. The number of para-hydroxylation sites is 1. The summed E-state index contributed by atoms with van der Waals surface area (Å²) in [5, 5.41) is 18.0. The number of hydrogen-bond donors (Lipinski definition) is 4. The normalized spacial score (nSPS) is 15.2. The molecule has 0 bridgehead atoms. The highest BCUT2D eigenvalue weighted by atomic mass is 16.5. The van der Waals surface area contributed by atoms with Gasteiger partial charge in [0.25, 0.3) is 0 Å². The van der Waals surface area contributed by atoms with E-state index >= 15 is 0 Å². The minimum Gasteiger partial charge on any atom is -0.481 e. The van der Waals surface area contributed by atoms with Crippen LogP contribution >= 0.6 is 0 Å². The molecule has 0 saturated carbocycles. The molecule has 4 aromatic rings. The van der Waals surface area contributed by atoms with Crippen LogP contribution in [0.1, 0.15) is 43.7 Å². The molecule has 1 fully saturated rings. The van der Waals surface area contributed by atoms with Gasteiger partial charge < -0.3 is 35.5 Å². The van der Waals surface area contributed by atoms with Gasteiger partial charge in [0, 0.05) is 42.9 Å². The lowest BCUT2D eigenvalue weighted by molar-refractivity contribution is 0.0776. The Balaban J connectivity index is 1.55. The number of nitrogens with zero attached hydrogens (tertiary/aromatic N) is 4. The molecule has 0 amide bonds. The first-order chi connectivity index (χ1) is 18.6. The van der Waals surface area contributed by atoms with Gasteiger partial charge in [-0.2, -0.15) is 4.98 Å². The van der Waals surface area contributed by atoms with Crippen molar-refractivity contribution in [3.63, 3.8) is 0 Å². The number of anilines is 2. The summed E-state index contributed by atoms with van der Waals surface area (Å²) in [4.78, 5) is 13.8. The van der Waals surface area contributed by atoms with Gasteiger partial charge >= 0.3 is 0 Å². The van der Waals surface area contributed by atoms with Crippen molar-refractivity contribution >= 4 is 33.7 Å². The standard InChI is InChI=1S/C28H37N7O3/c1-3-6-21(17-36)32-26-25-24(33-28(29)34-26)22-7-4-5-8-23(22)35(25)16-19-13-18(15-31-27(19)37-2)14-30-20-9-11-38-12-10-20/h4-5,7-8,13,15,20-21,30,36H,3,6,9-12,14,16-17H2,1-2H3,(H3,29,32,33,34)/t21-/m0/s1. The van der Waals surface area contributed by atoms with Crippen molar-refractivity contribution in [1.82, 2.24) is 24.8 Å². The van der Waals surface area contributed by atoms with E-state index in [9.17, 15) is 5.11 Å². The summed E-state index contributed by atoms with van der Waals surface area (Å²) in [5.74, 6) is 1.38. The molecule has 10 nitrogen and oxygen atoms in total. The van der Waals surface area contributed by atoms with Crippen LogP contribution in [-0.2, 0) is 17.8 Å². The second-order valence-corrected chi connectivity index (χ2v) is 9.82. The summed E-state index contributed by atoms with van der Waals surface area (Å²) in [6.45, 7) is 4.92. The Hall–Kier alpha value is -3.47. The van der Waals surface area contributed by atoms with Gasteiger partial charge in [0.2, 0.25) is 11.8 Å². The van der Waals surface area contributed by atoms with Crippen LogP contribution in [0.5, 0.6) is 5.88 Å². The summed E-state index contributed by atoms with van der Waals surface area (Å²) in [6.07, 6.45) is 5.64. The summed E-state index contributed by atoms with van der Waals surface area (Å²) in [5.41, 5.74) is 10.8. The molecule has 0 spiro atoms. The van der Waals surface area contributed by atoms with Crippen LogP contribution in [-0.4, -0.2) is 63.6 Å². The molecule has 10 heteroatoms. The molecule has 0 aliphatic carbocycles. The Morgan fingerprint density at radius 2 is 2.05 bits per heavy atom. The summed E-state index contributed by atoms with van der Waals surface area (Å²) < 4.78 is 13.3. The van der Waals surface area contributed by atoms with Crippen LogP contribution in [0.2, 0.25) is 0 Å². The lowest BCUT2D eigenvalue weighted by Crippen LogP contribution is -2.34. The zero-order chi connectivity index (χ0) is 26.5. The van der Waals surface area contributed by atoms with Crippen LogP contribution in [0.3, 0.4) is 0 Å². The zero-order valence-corrected chi connectivity index (χ0v) is 22.1. The topological polar surface area (TPSA) is 132 Å². The molecule has 0 radical (unpaired) electrons. The number of nitrogen functional groups attached to an aromatic ring is 1. The largest absolute Gasteiger partial charge is 0.481 e. The van der Waals surface area contributed by atoms with Gasteiger partial charge in [-0.15, -0.1) is 0 Å². The fraction of sp³-hybridized carbons (Fsp3) is 0.464. The third-order valence-corrected chi connectivity index (χ3v) is 7.14. The molecular weight excluding hydrogens is 482 g/mol. The van der Waals surface area contributed by atoms with E-state index in [-0.39, 0.29) is 18.6 Å². The van der Waals surface area contributed by atoms with Gasteiger partial charge in [0.1, 0.15) is 11.0 Å². The van der Waals surface area contributed by atoms with Crippen molar-refractivity contribution < 1.29 is 14.6 Å². The fourth-order valence-electron chi connectivity index (χ4n) is 5.24. The van der Waals surface area contributed by atoms with Gasteiger partial charge in [-0.25, -0.2) is 9.97 Å². The van der Waals surface area contributed by atoms with Crippen LogP contribution in [0.15, 0.2) is 36.5 Å². The number of benzene rings is 1. The van der Waals surface area contributed by atoms with Gasteiger partial charge in [-0.1, -0.05) is 31.5 Å². The second-order valence-electron chi connectivity index (χ2n) is 9.82. The molecule has 1 saturated heterocycles. The first kappa shape index (κ1) is 26.1. The molecule has 1 atom stereocenters. The molecule has 38 heavy (non-hydrogen) atoms. The van der Waals surface area contributed by atoms with E-state index in [0.717, 1.165) is 78.5 Å². The van der Waals surface area contributed by atoms with E-state index < -0.39 is 0 Å². The molecule has 4 heterocycles. The number of rotatable bonds is 11. The van der Waals surface area contributed by atoms with Crippen molar-refractivity contribution in [2.75, 3.05) is 38.0 Å². The quantitative estimate of drug-likeness (QED) is 0.235. The molecule has 5 N–H and O–H groups in total. The Bertz CT molecular complexity index is 1380. The van der Waals surface area contributed by atoms with Crippen molar-refractivity contribution in [2.45, 2.75) is 57.8 Å². The van der Waals surface area contributed by atoms with Crippen LogP contribution in [0, 0.1) is 0 Å². The number of nitrogens with one attached hydrogen (secondary N) is 2. The van der Waals surface area contributed by atoms with E-state index in [0.29, 0.717) is 24.3 Å². The van der Waals surface area contributed by atoms with Crippen LogP contribution in [0.25, 0.3) is 21.9 Å². The summed E-state index contributed by atoms with van der Waals surface area (Å²) >= 11 is 0. The monoisotopic (exact) mass is 519 g/mol. The van der Waals surface area contributed by atoms with Crippen molar-refractivity contribution in [3.8, 4) is 5.88 Å². The number of hydrogen-bond acceptors (Lipinski definition) is 9. The molecular formula is C28H37N7O3.